The fourth-order valence-corrected chi connectivity index (χ4v) is 5.55. The number of nitrogens with two attached hydrogens (primary N) is 1. The second kappa shape index (κ2) is 15.4. The van der Waals surface area contributed by atoms with Gasteiger partial charge in [-0.25, -0.2) is 13.9 Å². The quantitative estimate of drug-likeness (QED) is 0.144. The van der Waals surface area contributed by atoms with E-state index in [1.165, 1.54) is 36.9 Å². The minimum atomic E-state index is -4.24. The summed E-state index contributed by atoms with van der Waals surface area (Å²) in [6, 6.07) is 7.09. The molecule has 43 heavy (non-hydrogen) atoms. The number of ether oxygens (including phenoxy) is 2. The largest absolute Gasteiger partial charge is 0.461 e. The molecule has 2 aromatic heterocycles. The molecule has 0 radical (unpaired) electrons. The van der Waals surface area contributed by atoms with Crippen LogP contribution in [0.25, 0.3) is 11.2 Å². The predicted molar refractivity (Wildman–Crippen MR) is 153 cm³/mol. The van der Waals surface area contributed by atoms with Gasteiger partial charge in [-0.1, -0.05) is 24.6 Å². The lowest BCUT2D eigenvalue weighted by molar-refractivity contribution is -0.202. The number of aliphatic hydroxyl groups excluding tert-OH is 2. The summed E-state index contributed by atoms with van der Waals surface area (Å²) in [5.41, 5.74) is 5.36. The number of esters is 1. The molecular weight excluding hydrogens is 590 g/mol. The topological polar surface area (TPSA) is 213 Å². The van der Waals surface area contributed by atoms with Crippen LogP contribution in [0.2, 0.25) is 0 Å². The van der Waals surface area contributed by atoms with Crippen molar-refractivity contribution >= 4 is 30.8 Å². The molecule has 0 saturated heterocycles. The second-order valence-electron chi connectivity index (χ2n) is 9.87. The molecule has 1 fully saturated rings. The Morgan fingerprint density at radius 2 is 1.95 bits per heavy atom. The number of anilines is 1. The number of alkyl halides is 1. The van der Waals surface area contributed by atoms with Gasteiger partial charge >= 0.3 is 13.7 Å². The van der Waals surface area contributed by atoms with E-state index in [1.807, 2.05) is 0 Å². The number of methoxy groups -OCH3 is 1. The lowest BCUT2D eigenvalue weighted by Gasteiger charge is -2.29. The summed E-state index contributed by atoms with van der Waals surface area (Å²) in [7, 11) is -3.18. The maximum atomic E-state index is 14.6. The normalized spacial score (nSPS) is 18.0. The molecule has 0 amide bonds. The van der Waals surface area contributed by atoms with Gasteiger partial charge in [0.15, 0.2) is 11.2 Å². The molecule has 1 saturated carbocycles. The molecule has 1 aliphatic rings. The van der Waals surface area contributed by atoms with Gasteiger partial charge in [-0.05, 0) is 51.7 Å². The van der Waals surface area contributed by atoms with E-state index < -0.39 is 43.9 Å². The highest BCUT2D eigenvalue weighted by Gasteiger charge is 2.41. The third-order valence-electron chi connectivity index (χ3n) is 6.55. The molecule has 3 aromatic rings. The van der Waals surface area contributed by atoms with E-state index in [4.69, 9.17) is 24.6 Å². The second-order valence-corrected chi connectivity index (χ2v) is 11.6. The average molecular weight is 629 g/mol. The van der Waals surface area contributed by atoms with Crippen LogP contribution in [0.1, 0.15) is 46.0 Å². The number of aromatic nitrogens is 4. The van der Waals surface area contributed by atoms with E-state index in [-0.39, 0.29) is 35.7 Å². The van der Waals surface area contributed by atoms with Gasteiger partial charge in [-0.3, -0.25) is 23.7 Å². The Balaban J connectivity index is 0.000000321. The summed E-state index contributed by atoms with van der Waals surface area (Å²) in [5, 5.41) is 20.9. The van der Waals surface area contributed by atoms with Crippen molar-refractivity contribution in [2.75, 3.05) is 19.5 Å². The number of nitrogen functional groups attached to an aromatic ring is 1. The molecule has 2 heterocycles. The van der Waals surface area contributed by atoms with Crippen molar-refractivity contribution in [1.29, 1.82) is 0 Å². The predicted octanol–water partition coefficient (Wildman–Crippen LogP) is 2.39. The molecule has 4 rings (SSSR count). The number of carbonyl (C=O) groups excluding carboxylic acids is 1. The summed E-state index contributed by atoms with van der Waals surface area (Å²) >= 11 is 0. The summed E-state index contributed by atoms with van der Waals surface area (Å²) in [6.07, 6.45) is 4.28. The molecule has 1 aromatic carbocycles. The smallest absolute Gasteiger partial charge is 0.459 e. The number of nitrogens with one attached hydrogen (secondary N) is 2. The molecule has 4 atom stereocenters. The number of aliphatic hydroxyl groups is 2. The number of fused-ring (bicyclic) bond motifs is 1. The number of hydrogen-bond acceptors (Lipinski definition) is 12. The molecule has 6 N–H and O–H groups in total. The maximum absolute atomic E-state index is 14.6. The van der Waals surface area contributed by atoms with Gasteiger partial charge in [0.1, 0.15) is 37.3 Å². The Morgan fingerprint density at radius 1 is 1.28 bits per heavy atom. The number of H-pyrrole nitrogens is 1. The van der Waals surface area contributed by atoms with Gasteiger partial charge in [0.2, 0.25) is 5.95 Å². The number of para-hydroxylation sites is 1. The minimum absolute atomic E-state index is 0.00713. The molecule has 0 spiro atoms. The lowest BCUT2D eigenvalue weighted by Crippen LogP contribution is -2.43. The van der Waals surface area contributed by atoms with E-state index in [0.29, 0.717) is 0 Å². The Labute approximate surface area is 247 Å². The highest BCUT2D eigenvalue weighted by molar-refractivity contribution is 7.52. The van der Waals surface area contributed by atoms with Crippen molar-refractivity contribution < 1.29 is 42.5 Å². The summed E-state index contributed by atoms with van der Waals surface area (Å²) < 4.78 is 50.1. The van der Waals surface area contributed by atoms with Crippen LogP contribution in [-0.2, 0) is 30.1 Å². The number of carbonyl (C=O) groups is 1. The molecule has 0 bridgehead atoms. The zero-order valence-electron chi connectivity index (χ0n) is 24.1. The maximum Gasteiger partial charge on any atom is 0.459 e. The van der Waals surface area contributed by atoms with Crippen LogP contribution >= 0.6 is 7.75 Å². The summed E-state index contributed by atoms with van der Waals surface area (Å²) in [5.74, 6) is -3.01. The molecule has 1 aliphatic carbocycles. The molecular formula is C26H38FN6O9P. The molecule has 17 heteroatoms. The zero-order chi connectivity index (χ0) is 31.6. The number of hydrogen-bond donors (Lipinski definition) is 5. The van der Waals surface area contributed by atoms with Gasteiger partial charge in [0.05, 0.1) is 6.33 Å². The van der Waals surface area contributed by atoms with Gasteiger partial charge in [0, 0.05) is 7.11 Å². The fraction of sp³-hybridized carbons (Fsp3) is 0.538. The summed E-state index contributed by atoms with van der Waals surface area (Å²) in [6.45, 7) is 1.46. The highest BCUT2D eigenvalue weighted by atomic mass is 31.2. The molecule has 2 unspecified atom stereocenters. The minimum Gasteiger partial charge on any atom is -0.461 e. The van der Waals surface area contributed by atoms with Gasteiger partial charge in [0.25, 0.3) is 11.4 Å². The SMILES string of the molecule is CO[C@](F)(COP(=O)(NC(C)C(=O)OC1CCCCC1)Oc1ccccc1)[C@H](C)O.Nc1nc2c(ncn2CO)c(=O)[nH]1. The first-order chi connectivity index (χ1) is 20.4. The Morgan fingerprint density at radius 3 is 2.56 bits per heavy atom. The van der Waals surface area contributed by atoms with Crippen molar-refractivity contribution in [2.45, 2.75) is 76.8 Å². The van der Waals surface area contributed by atoms with Crippen LogP contribution in [0.5, 0.6) is 5.75 Å². The van der Waals surface area contributed by atoms with Crippen molar-refractivity contribution in [2.24, 2.45) is 0 Å². The van der Waals surface area contributed by atoms with Gasteiger partial charge in [-0.2, -0.15) is 10.1 Å². The van der Waals surface area contributed by atoms with E-state index in [1.54, 1.807) is 18.2 Å². The molecule has 0 aliphatic heterocycles. The monoisotopic (exact) mass is 628 g/mol. The number of halogens is 1. The van der Waals surface area contributed by atoms with Crippen LogP contribution in [0.15, 0.2) is 41.5 Å². The van der Waals surface area contributed by atoms with Crippen molar-refractivity contribution in [3.63, 3.8) is 0 Å². The average Bonchev–Trinajstić information content (AvgIpc) is 3.40. The van der Waals surface area contributed by atoms with E-state index in [0.717, 1.165) is 39.2 Å². The van der Waals surface area contributed by atoms with Crippen LogP contribution in [-0.4, -0.2) is 73.5 Å². The third kappa shape index (κ3) is 9.55. The van der Waals surface area contributed by atoms with Gasteiger partial charge < -0.3 is 29.9 Å². The van der Waals surface area contributed by atoms with Gasteiger partial charge in [-0.15, -0.1) is 0 Å². The number of rotatable bonds is 12. The van der Waals surface area contributed by atoms with Crippen molar-refractivity contribution in [3.05, 3.63) is 47.0 Å². The van der Waals surface area contributed by atoms with Crippen LogP contribution < -0.4 is 20.9 Å². The van der Waals surface area contributed by atoms with Crippen LogP contribution in [0.3, 0.4) is 0 Å². The first-order valence-corrected chi connectivity index (χ1v) is 15.1. The standard InChI is InChI=1S/C20H31FNO7P.C6H7N5O2/c1-15(19(24)28-17-10-6-4-7-11-17)22-30(25,29-18-12-8-5-9-13-18)27-14-20(21,26-3)16(2)23;7-6-9-4-3(5(13)10-6)8-1-11(4)2-12/h5,8-9,12-13,15-17,23H,4,6-7,10-11,14H2,1-3H3,(H,22,25);1,12H,2H2,(H3,7,9,10,13)/t15?,16-,20+,30?;/m0./s1. The number of imidazole rings is 1. The molecule has 238 valence electrons. The van der Waals surface area contributed by atoms with E-state index in [2.05, 4.69) is 24.8 Å². The zero-order valence-corrected chi connectivity index (χ0v) is 25.0. The lowest BCUT2D eigenvalue weighted by atomic mass is 9.98. The van der Waals surface area contributed by atoms with Crippen molar-refractivity contribution in [3.8, 4) is 5.75 Å². The van der Waals surface area contributed by atoms with E-state index in [9.17, 15) is 23.7 Å². The van der Waals surface area contributed by atoms with Crippen LogP contribution in [0, 0.1) is 0 Å². The Hall–Kier alpha value is -3.40. The van der Waals surface area contributed by atoms with Crippen molar-refractivity contribution in [1.82, 2.24) is 24.6 Å². The summed E-state index contributed by atoms with van der Waals surface area (Å²) in [4.78, 5) is 33.6. The third-order valence-corrected chi connectivity index (χ3v) is 8.17. The molecule has 15 nitrogen and oxygen atoms in total. The number of nitrogens with zero attached hydrogens (tertiary/aromatic N) is 3. The Kier molecular flexibility index (Phi) is 12.2. The fourth-order valence-electron chi connectivity index (χ4n) is 4.05. The Bertz CT molecular complexity index is 1430. The highest BCUT2D eigenvalue weighted by Crippen LogP contribution is 2.46. The first kappa shape index (κ1) is 34.1. The van der Waals surface area contributed by atoms with E-state index >= 15 is 0 Å². The number of aromatic amines is 1. The van der Waals surface area contributed by atoms with Crippen LogP contribution in [0.4, 0.5) is 10.3 Å². The first-order valence-electron chi connectivity index (χ1n) is 13.6. The number of benzene rings is 1.